The molecule has 0 spiro atoms. The van der Waals surface area contributed by atoms with Crippen LogP contribution in [-0.2, 0) is 4.79 Å². The van der Waals surface area contributed by atoms with Gasteiger partial charge in [-0.2, -0.15) is 0 Å². The van der Waals surface area contributed by atoms with Crippen molar-refractivity contribution in [2.45, 2.75) is 4.84 Å². The molecule has 0 N–H and O–H groups in total. The quantitative estimate of drug-likeness (QED) is 0.786. The highest BCUT2D eigenvalue weighted by atomic mass is 35.5. The minimum atomic E-state index is -1.04. The molecular formula is C15H19Cl2N3O2. The van der Waals surface area contributed by atoms with Gasteiger partial charge in [0.15, 0.2) is 4.84 Å². The summed E-state index contributed by atoms with van der Waals surface area (Å²) in [6.07, 6.45) is 0. The number of piperazine rings is 1. The summed E-state index contributed by atoms with van der Waals surface area (Å²) in [6, 6.07) is 7.47. The Labute approximate surface area is 140 Å². The predicted molar refractivity (Wildman–Crippen MR) is 88.7 cm³/mol. The fraction of sp³-hybridized carbons (Fsp3) is 0.467. The standard InChI is InChI=1S/C15H19Cl2N3O2/c1-18(2)12-5-3-11(4-6-12)14(21)19-7-9-20(10-8-19)15(22)13(16)17/h3-6,13H,7-10H2,1-2H3. The minimum absolute atomic E-state index is 0.0225. The van der Waals surface area contributed by atoms with Crippen LogP contribution in [0, 0.1) is 0 Å². The van der Waals surface area contributed by atoms with Crippen molar-refractivity contribution < 1.29 is 9.59 Å². The SMILES string of the molecule is CN(C)c1ccc(C(=O)N2CCN(C(=O)C(Cl)Cl)CC2)cc1. The number of rotatable bonds is 3. The molecule has 1 aromatic carbocycles. The average Bonchev–Trinajstić information content (AvgIpc) is 2.53. The molecule has 0 aromatic heterocycles. The van der Waals surface area contributed by atoms with E-state index in [1.807, 2.05) is 43.3 Å². The van der Waals surface area contributed by atoms with Gasteiger partial charge in [0.05, 0.1) is 0 Å². The molecule has 120 valence electrons. The van der Waals surface area contributed by atoms with E-state index in [1.165, 1.54) is 0 Å². The van der Waals surface area contributed by atoms with Gasteiger partial charge in [0, 0.05) is 51.5 Å². The minimum Gasteiger partial charge on any atom is -0.378 e. The van der Waals surface area contributed by atoms with Crippen molar-refractivity contribution in [3.05, 3.63) is 29.8 Å². The van der Waals surface area contributed by atoms with E-state index in [1.54, 1.807) is 9.80 Å². The molecule has 2 rings (SSSR count). The smallest absolute Gasteiger partial charge is 0.255 e. The van der Waals surface area contributed by atoms with Gasteiger partial charge in [0.1, 0.15) is 0 Å². The third-order valence-corrected chi connectivity index (χ3v) is 4.07. The number of carbonyl (C=O) groups is 2. The number of amides is 2. The molecule has 1 heterocycles. The summed E-state index contributed by atoms with van der Waals surface area (Å²) < 4.78 is 0. The monoisotopic (exact) mass is 343 g/mol. The van der Waals surface area contributed by atoms with Crippen LogP contribution in [-0.4, -0.2) is 66.7 Å². The highest BCUT2D eigenvalue weighted by Gasteiger charge is 2.27. The van der Waals surface area contributed by atoms with E-state index in [4.69, 9.17) is 23.2 Å². The zero-order chi connectivity index (χ0) is 16.3. The van der Waals surface area contributed by atoms with Crippen LogP contribution in [0.15, 0.2) is 24.3 Å². The Morgan fingerprint density at radius 2 is 1.50 bits per heavy atom. The zero-order valence-corrected chi connectivity index (χ0v) is 14.1. The van der Waals surface area contributed by atoms with Gasteiger partial charge in [-0.1, -0.05) is 23.2 Å². The maximum Gasteiger partial charge on any atom is 0.255 e. The van der Waals surface area contributed by atoms with Crippen LogP contribution in [0.4, 0.5) is 5.69 Å². The number of nitrogens with zero attached hydrogens (tertiary/aromatic N) is 3. The average molecular weight is 344 g/mol. The molecule has 0 atom stereocenters. The van der Waals surface area contributed by atoms with E-state index in [0.29, 0.717) is 31.7 Å². The summed E-state index contributed by atoms with van der Waals surface area (Å²) in [4.78, 5) is 28.4. The first-order chi connectivity index (χ1) is 10.4. The third-order valence-electron chi connectivity index (χ3n) is 3.70. The molecule has 1 aliphatic rings. The predicted octanol–water partition coefficient (Wildman–Crippen LogP) is 1.84. The molecule has 1 saturated heterocycles. The van der Waals surface area contributed by atoms with Gasteiger partial charge in [0.25, 0.3) is 11.8 Å². The second kappa shape index (κ2) is 7.20. The lowest BCUT2D eigenvalue weighted by Crippen LogP contribution is -2.51. The Kier molecular flexibility index (Phi) is 5.53. The van der Waals surface area contributed by atoms with Crippen molar-refractivity contribution in [2.24, 2.45) is 0 Å². The van der Waals surface area contributed by atoms with E-state index >= 15 is 0 Å². The first-order valence-corrected chi connectivity index (χ1v) is 7.91. The molecule has 0 aliphatic carbocycles. The first kappa shape index (κ1) is 16.9. The lowest BCUT2D eigenvalue weighted by Gasteiger charge is -2.35. The second-order valence-corrected chi connectivity index (χ2v) is 6.46. The number of carbonyl (C=O) groups excluding carboxylic acids is 2. The first-order valence-electron chi connectivity index (χ1n) is 7.03. The highest BCUT2D eigenvalue weighted by Crippen LogP contribution is 2.16. The fourth-order valence-electron chi connectivity index (χ4n) is 2.35. The number of hydrogen-bond acceptors (Lipinski definition) is 3. The summed E-state index contributed by atoms with van der Waals surface area (Å²) in [6.45, 7) is 1.88. The number of halogens is 2. The third kappa shape index (κ3) is 3.84. The molecule has 0 saturated carbocycles. The van der Waals surface area contributed by atoms with E-state index in [-0.39, 0.29) is 11.8 Å². The molecule has 22 heavy (non-hydrogen) atoms. The molecule has 2 amide bonds. The molecule has 7 heteroatoms. The zero-order valence-electron chi connectivity index (χ0n) is 12.6. The Bertz CT molecular complexity index is 538. The van der Waals surface area contributed by atoms with Gasteiger partial charge in [-0.05, 0) is 24.3 Å². The molecule has 0 radical (unpaired) electrons. The summed E-state index contributed by atoms with van der Waals surface area (Å²) in [5.41, 5.74) is 1.69. The lowest BCUT2D eigenvalue weighted by molar-refractivity contribution is -0.130. The van der Waals surface area contributed by atoms with E-state index in [2.05, 4.69) is 0 Å². The van der Waals surface area contributed by atoms with Gasteiger partial charge < -0.3 is 14.7 Å². The molecule has 0 unspecified atom stereocenters. The highest BCUT2D eigenvalue weighted by molar-refractivity contribution is 6.53. The van der Waals surface area contributed by atoms with Crippen LogP contribution in [0.3, 0.4) is 0 Å². The van der Waals surface area contributed by atoms with Crippen molar-refractivity contribution >= 4 is 40.7 Å². The summed E-state index contributed by atoms with van der Waals surface area (Å²) in [7, 11) is 3.90. The number of benzene rings is 1. The fourth-order valence-corrected chi connectivity index (χ4v) is 2.63. The Morgan fingerprint density at radius 1 is 1.00 bits per heavy atom. The van der Waals surface area contributed by atoms with Gasteiger partial charge in [-0.3, -0.25) is 9.59 Å². The molecule has 1 aliphatic heterocycles. The summed E-state index contributed by atoms with van der Waals surface area (Å²) >= 11 is 11.2. The Balaban J connectivity index is 1.96. The van der Waals surface area contributed by atoms with Crippen molar-refractivity contribution in [3.63, 3.8) is 0 Å². The van der Waals surface area contributed by atoms with Gasteiger partial charge in [-0.25, -0.2) is 0 Å². The second-order valence-electron chi connectivity index (χ2n) is 5.36. The summed E-state index contributed by atoms with van der Waals surface area (Å²) in [5, 5.41) is 0. The van der Waals surface area contributed by atoms with Crippen LogP contribution in [0.5, 0.6) is 0 Å². The molecule has 1 aromatic rings. The van der Waals surface area contributed by atoms with Crippen LogP contribution >= 0.6 is 23.2 Å². The maximum atomic E-state index is 12.4. The van der Waals surface area contributed by atoms with Crippen molar-refractivity contribution in [1.82, 2.24) is 9.80 Å². The number of alkyl halides is 2. The molecular weight excluding hydrogens is 325 g/mol. The van der Waals surface area contributed by atoms with Crippen LogP contribution in [0.25, 0.3) is 0 Å². The van der Waals surface area contributed by atoms with Gasteiger partial charge >= 0.3 is 0 Å². The number of hydrogen-bond donors (Lipinski definition) is 0. The van der Waals surface area contributed by atoms with Crippen LogP contribution in [0.1, 0.15) is 10.4 Å². The van der Waals surface area contributed by atoms with Gasteiger partial charge in [0.2, 0.25) is 0 Å². The topological polar surface area (TPSA) is 43.9 Å². The number of anilines is 1. The summed E-state index contributed by atoms with van der Waals surface area (Å²) in [5.74, 6) is -0.323. The molecule has 0 bridgehead atoms. The Hall–Kier alpha value is -1.46. The van der Waals surface area contributed by atoms with Crippen molar-refractivity contribution in [3.8, 4) is 0 Å². The molecule has 1 fully saturated rings. The normalized spacial score (nSPS) is 15.1. The largest absolute Gasteiger partial charge is 0.378 e. The van der Waals surface area contributed by atoms with Crippen molar-refractivity contribution in [2.75, 3.05) is 45.2 Å². The lowest BCUT2D eigenvalue weighted by atomic mass is 10.1. The maximum absolute atomic E-state index is 12.4. The van der Waals surface area contributed by atoms with E-state index in [0.717, 1.165) is 5.69 Å². The van der Waals surface area contributed by atoms with Crippen LogP contribution < -0.4 is 4.90 Å². The van der Waals surface area contributed by atoms with E-state index in [9.17, 15) is 9.59 Å². The van der Waals surface area contributed by atoms with Crippen molar-refractivity contribution in [1.29, 1.82) is 0 Å². The van der Waals surface area contributed by atoms with Gasteiger partial charge in [-0.15, -0.1) is 0 Å². The Morgan fingerprint density at radius 3 is 1.95 bits per heavy atom. The van der Waals surface area contributed by atoms with E-state index < -0.39 is 4.84 Å². The molecule has 5 nitrogen and oxygen atoms in total. The van der Waals surface area contributed by atoms with Crippen LogP contribution in [0.2, 0.25) is 0 Å².